The molecule has 0 aliphatic carbocycles. The van der Waals surface area contributed by atoms with Crippen molar-refractivity contribution in [3.05, 3.63) is 41.4 Å². The molecule has 3 aromatic rings. The van der Waals surface area contributed by atoms with Crippen molar-refractivity contribution in [3.63, 3.8) is 0 Å². The zero-order chi connectivity index (χ0) is 41.1. The number of pyridine rings is 1. The molecule has 1 aromatic carbocycles. The summed E-state index contributed by atoms with van der Waals surface area (Å²) in [5.41, 5.74) is 4.56. The number of benzene rings is 1. The summed E-state index contributed by atoms with van der Waals surface area (Å²) in [6, 6.07) is 7.80. The number of oxime groups is 1. The minimum Gasteiger partial charge on any atom is -0.542 e. The van der Waals surface area contributed by atoms with Crippen LogP contribution in [0.5, 0.6) is 5.75 Å². The second-order valence-electron chi connectivity index (χ2n) is 13.3. The van der Waals surface area contributed by atoms with Gasteiger partial charge in [-0.25, -0.2) is 14.8 Å². The average Bonchev–Trinajstić information content (AvgIpc) is 3.66. The van der Waals surface area contributed by atoms with E-state index in [4.69, 9.17) is 29.8 Å². The minimum atomic E-state index is -5.19. The zero-order valence-electron chi connectivity index (χ0n) is 29.2. The Kier molecular flexibility index (Phi) is 12.4. The third-order valence-corrected chi connectivity index (χ3v) is 9.03. The number of halogens is 3. The van der Waals surface area contributed by atoms with Gasteiger partial charge in [0.25, 0.3) is 17.9 Å². The number of nitrogens with two attached hydrogens (primary N) is 2. The Hall–Kier alpha value is -5.37. The normalized spacial score (nSPS) is 19.7. The highest BCUT2D eigenvalue weighted by molar-refractivity contribution is 7.80. The highest BCUT2D eigenvalue weighted by atomic mass is 32.3. The molecule has 55 heavy (non-hydrogen) atoms. The van der Waals surface area contributed by atoms with E-state index in [-0.39, 0.29) is 16.4 Å². The number of aromatic nitrogens is 2. The summed E-state index contributed by atoms with van der Waals surface area (Å²) < 4.78 is 72.7. The fraction of sp³-hybridized carbons (Fsp3) is 0.433. The number of fused-ring (bicyclic) bond motifs is 1. The molecular weight excluding hydrogens is 786 g/mol. The van der Waals surface area contributed by atoms with E-state index in [1.165, 1.54) is 19.2 Å². The van der Waals surface area contributed by atoms with Gasteiger partial charge < -0.3 is 46.3 Å². The lowest BCUT2D eigenvalue weighted by atomic mass is 9.84. The van der Waals surface area contributed by atoms with Crippen LogP contribution >= 0.6 is 11.3 Å². The Bertz CT molecular complexity index is 2100. The number of hydrogen-bond donors (Lipinski definition) is 6. The van der Waals surface area contributed by atoms with Crippen molar-refractivity contribution in [2.75, 3.05) is 24.2 Å². The Balaban J connectivity index is 0.000000876. The third-order valence-electron chi connectivity index (χ3n) is 8.02. The molecule has 2 aromatic heterocycles. The van der Waals surface area contributed by atoms with Crippen LogP contribution < -0.4 is 31.5 Å². The molecule has 0 radical (unpaired) electrons. The van der Waals surface area contributed by atoms with Crippen LogP contribution in [-0.2, 0) is 38.7 Å². The summed E-state index contributed by atoms with van der Waals surface area (Å²) in [6.07, 6.45) is -5.87. The maximum absolute atomic E-state index is 13.2. The Morgan fingerprint density at radius 2 is 1.87 bits per heavy atom. The van der Waals surface area contributed by atoms with Gasteiger partial charge in [-0.05, 0) is 58.0 Å². The maximum Gasteiger partial charge on any atom is 0.430 e. The lowest BCUT2D eigenvalue weighted by Gasteiger charge is -2.50. The number of alkyl halides is 3. The van der Waals surface area contributed by atoms with Crippen LogP contribution in [0.3, 0.4) is 0 Å². The molecule has 2 saturated heterocycles. The number of carboxylic acids is 2. The topological polar surface area (TPSA) is 302 Å². The van der Waals surface area contributed by atoms with Gasteiger partial charge in [0.2, 0.25) is 0 Å². The predicted octanol–water partition coefficient (Wildman–Crippen LogP) is -0.809. The van der Waals surface area contributed by atoms with Gasteiger partial charge in [0.1, 0.15) is 35.9 Å². The van der Waals surface area contributed by atoms with E-state index in [0.29, 0.717) is 22.4 Å². The molecule has 0 spiro atoms. The van der Waals surface area contributed by atoms with Gasteiger partial charge in [-0.15, -0.1) is 15.6 Å². The number of quaternary nitrogens is 1. The zero-order valence-corrected chi connectivity index (χ0v) is 30.8. The van der Waals surface area contributed by atoms with Crippen molar-refractivity contribution in [1.82, 2.24) is 20.3 Å². The first-order valence-electron chi connectivity index (χ1n) is 15.8. The van der Waals surface area contributed by atoms with E-state index in [9.17, 15) is 41.1 Å². The number of rotatable bonds is 13. The fourth-order valence-electron chi connectivity index (χ4n) is 5.31. The van der Waals surface area contributed by atoms with Gasteiger partial charge in [-0.3, -0.25) is 14.1 Å². The van der Waals surface area contributed by atoms with Crippen molar-refractivity contribution in [2.45, 2.75) is 69.6 Å². The van der Waals surface area contributed by atoms with Crippen LogP contribution in [0.15, 0.2) is 40.9 Å². The summed E-state index contributed by atoms with van der Waals surface area (Å²) in [5.74, 6) is -5.38. The molecule has 2 fully saturated rings. The summed E-state index contributed by atoms with van der Waals surface area (Å²) in [5, 5.41) is 33.0. The van der Waals surface area contributed by atoms with Crippen molar-refractivity contribution in [1.29, 1.82) is 0 Å². The Morgan fingerprint density at radius 1 is 1.20 bits per heavy atom. The first-order valence-corrected chi connectivity index (χ1v) is 18.0. The summed E-state index contributed by atoms with van der Waals surface area (Å²) in [7, 11) is -5.02. The van der Waals surface area contributed by atoms with Crippen molar-refractivity contribution in [2.24, 2.45) is 5.16 Å². The lowest BCUT2D eigenvalue weighted by molar-refractivity contribution is -0.700. The standard InChI is InChI=1S/C28H34N8O10S2.C2HF3O2/c1-27(2)10-15(11-30-27)31-20-8-5-14-9-16(6-7-17(14)32-20)44-12-19(25(39)40)45-35-21(18-13-47-26(29)33-18)23(37)34-22-24(38)36(28(22,3)4)46-48(41,42)43;3-2(4,5)1(6)7/h5-9,13,15,19,22,30H,10-12H2,1-4H3,(H2,29,33)(H,31,32)(H,34,37)(H,39,40)(H,41,42,43);(H,6,7)/b35-21-;/t15?,19-,22+;/m0./s1. The summed E-state index contributed by atoms with van der Waals surface area (Å²) in [6.45, 7) is 7.58. The largest absolute Gasteiger partial charge is 0.542 e. The second kappa shape index (κ2) is 16.2. The molecule has 0 saturated carbocycles. The monoisotopic (exact) mass is 820 g/mol. The molecule has 5 rings (SSSR count). The molecule has 2 aliphatic heterocycles. The van der Waals surface area contributed by atoms with Crippen LogP contribution in [0.1, 0.15) is 39.8 Å². The highest BCUT2D eigenvalue weighted by Gasteiger charge is 2.58. The molecule has 2 aliphatic rings. The lowest BCUT2D eigenvalue weighted by Crippen LogP contribution is -2.92. The maximum atomic E-state index is 13.2. The van der Waals surface area contributed by atoms with Crippen molar-refractivity contribution >= 4 is 73.1 Å². The Labute approximate surface area is 313 Å². The van der Waals surface area contributed by atoms with Crippen LogP contribution in [-0.4, -0.2) is 111 Å². The minimum absolute atomic E-state index is 0.0612. The molecule has 8 N–H and O–H groups in total. The number of carbonyl (C=O) groups is 4. The second-order valence-corrected chi connectivity index (χ2v) is 15.2. The smallest absolute Gasteiger partial charge is 0.430 e. The van der Waals surface area contributed by atoms with E-state index >= 15 is 0 Å². The van der Waals surface area contributed by atoms with E-state index < -0.39 is 70.3 Å². The highest BCUT2D eigenvalue weighted by Crippen LogP contribution is 2.33. The van der Waals surface area contributed by atoms with Crippen molar-refractivity contribution < 1.29 is 74.7 Å². The quantitative estimate of drug-likeness (QED) is 0.0532. The first kappa shape index (κ1) is 42.4. The number of nitrogen functional groups attached to an aromatic ring is 1. The molecule has 2 amide bonds. The number of thiazole rings is 1. The molecule has 300 valence electrons. The molecule has 0 bridgehead atoms. The molecule has 20 nitrogen and oxygen atoms in total. The number of nitrogens with zero attached hydrogens (tertiary/aromatic N) is 4. The van der Waals surface area contributed by atoms with Crippen LogP contribution in [0.4, 0.5) is 24.1 Å². The number of nitrogens with one attached hydrogen (secondary N) is 2. The Morgan fingerprint density at radius 3 is 2.40 bits per heavy atom. The number of aliphatic carboxylic acids is 2. The van der Waals surface area contributed by atoms with Crippen LogP contribution in [0.25, 0.3) is 10.9 Å². The number of hydroxylamine groups is 2. The van der Waals surface area contributed by atoms with Gasteiger partial charge in [0.15, 0.2) is 10.8 Å². The third kappa shape index (κ3) is 11.1. The summed E-state index contributed by atoms with van der Waals surface area (Å²) in [4.78, 5) is 60.5. The van der Waals surface area contributed by atoms with Gasteiger partial charge in [-0.2, -0.15) is 26.7 Å². The van der Waals surface area contributed by atoms with Crippen LogP contribution in [0.2, 0.25) is 0 Å². The first-order chi connectivity index (χ1) is 25.4. The number of carboxylic acid groups (broad SMARTS) is 2. The predicted molar refractivity (Wildman–Crippen MR) is 182 cm³/mol. The van der Waals surface area contributed by atoms with E-state index in [0.717, 1.165) is 35.5 Å². The van der Waals surface area contributed by atoms with E-state index in [1.54, 1.807) is 18.2 Å². The van der Waals surface area contributed by atoms with Crippen molar-refractivity contribution in [3.8, 4) is 5.75 Å². The van der Waals surface area contributed by atoms with Gasteiger partial charge in [0, 0.05) is 17.2 Å². The van der Waals surface area contributed by atoms with Crippen LogP contribution in [0, 0.1) is 0 Å². The number of ether oxygens (including phenoxy) is 1. The summed E-state index contributed by atoms with van der Waals surface area (Å²) >= 11 is 0.962. The number of amides is 2. The van der Waals surface area contributed by atoms with E-state index in [1.807, 2.05) is 12.1 Å². The number of hydrogen-bond acceptors (Lipinski definition) is 16. The number of carbonyl (C=O) groups excluding carboxylic acids is 3. The van der Waals surface area contributed by atoms with E-state index in [2.05, 4.69) is 49.2 Å². The molecular formula is C30H35F3N8O12S2. The number of β-lactam (4-membered cyclic amide) rings is 1. The fourth-order valence-corrected chi connectivity index (χ4v) is 6.31. The molecule has 3 atom stereocenters. The number of anilines is 2. The molecule has 1 unspecified atom stereocenters. The average molecular weight is 821 g/mol. The SMILES string of the molecule is CC1(C)CC(Nc2ccc3cc(OC[C@H](O/N=C(\C(=O)N[C@@H]4C(=O)N(OS(=O)(=O)O)C4(C)C)c4csc(N)n4)C(=O)O)ccc3n2)C[NH2+]1.O=C([O-])C(F)(F)F. The molecule has 25 heteroatoms. The van der Waals surface area contributed by atoms with Gasteiger partial charge in [-0.1, -0.05) is 5.16 Å². The molecule has 4 heterocycles. The van der Waals surface area contributed by atoms with Gasteiger partial charge in [0.05, 0.1) is 29.2 Å². The van der Waals surface area contributed by atoms with Gasteiger partial charge >= 0.3 is 22.5 Å².